The molecule has 1 amide bonds. The number of benzene rings is 1. The van der Waals surface area contributed by atoms with Gasteiger partial charge >= 0.3 is 0 Å². The normalized spacial score (nSPS) is 11.1. The third kappa shape index (κ3) is 5.57. The molecule has 4 nitrogen and oxygen atoms in total. The Bertz CT molecular complexity index is 663. The van der Waals surface area contributed by atoms with E-state index in [-0.39, 0.29) is 5.91 Å². The number of hydrogen-bond acceptors (Lipinski definition) is 3. The van der Waals surface area contributed by atoms with Crippen LogP contribution in [0.2, 0.25) is 5.02 Å². The third-order valence-electron chi connectivity index (χ3n) is 3.31. The smallest absolute Gasteiger partial charge is 0.229 e. The number of pyridine rings is 1. The molecule has 23 heavy (non-hydrogen) atoms. The second-order valence-corrected chi connectivity index (χ2v) is 6.88. The van der Waals surface area contributed by atoms with Crippen LogP contribution in [0.15, 0.2) is 42.6 Å². The molecular formula is C18H22ClN3O. The van der Waals surface area contributed by atoms with Crippen LogP contribution >= 0.6 is 11.6 Å². The SMILES string of the molecule is CC(C)(C)C(=O)Nc1ccc(NCCc2cccc(Cl)c2)nc1. The van der Waals surface area contributed by atoms with E-state index in [2.05, 4.69) is 15.6 Å². The van der Waals surface area contributed by atoms with Gasteiger partial charge in [0.05, 0.1) is 11.9 Å². The predicted octanol–water partition coefficient (Wildman–Crippen LogP) is 4.37. The number of hydrogen-bond donors (Lipinski definition) is 2. The Labute approximate surface area is 142 Å². The van der Waals surface area contributed by atoms with Crippen LogP contribution < -0.4 is 10.6 Å². The quantitative estimate of drug-likeness (QED) is 0.855. The van der Waals surface area contributed by atoms with Crippen molar-refractivity contribution in [2.75, 3.05) is 17.2 Å². The lowest BCUT2D eigenvalue weighted by molar-refractivity contribution is -0.123. The molecule has 0 saturated carbocycles. The molecule has 2 rings (SSSR count). The van der Waals surface area contributed by atoms with Crippen molar-refractivity contribution in [1.82, 2.24) is 4.98 Å². The highest BCUT2D eigenvalue weighted by molar-refractivity contribution is 6.30. The molecule has 2 N–H and O–H groups in total. The van der Waals surface area contributed by atoms with E-state index in [4.69, 9.17) is 11.6 Å². The molecule has 0 atom stereocenters. The van der Waals surface area contributed by atoms with Crippen LogP contribution in [0.1, 0.15) is 26.3 Å². The highest BCUT2D eigenvalue weighted by Gasteiger charge is 2.21. The van der Waals surface area contributed by atoms with Gasteiger partial charge in [0.25, 0.3) is 0 Å². The average Bonchev–Trinajstić information content (AvgIpc) is 2.48. The Morgan fingerprint density at radius 3 is 2.61 bits per heavy atom. The number of aromatic nitrogens is 1. The number of carbonyl (C=O) groups excluding carboxylic acids is 1. The van der Waals surface area contributed by atoms with Gasteiger partial charge in [-0.1, -0.05) is 44.5 Å². The second-order valence-electron chi connectivity index (χ2n) is 6.44. The van der Waals surface area contributed by atoms with Crippen LogP contribution in [-0.2, 0) is 11.2 Å². The third-order valence-corrected chi connectivity index (χ3v) is 3.55. The maximum absolute atomic E-state index is 11.9. The molecule has 0 aliphatic heterocycles. The summed E-state index contributed by atoms with van der Waals surface area (Å²) in [6.45, 7) is 6.39. The summed E-state index contributed by atoms with van der Waals surface area (Å²) < 4.78 is 0. The van der Waals surface area contributed by atoms with Crippen molar-refractivity contribution in [3.63, 3.8) is 0 Å². The van der Waals surface area contributed by atoms with Gasteiger partial charge < -0.3 is 10.6 Å². The lowest BCUT2D eigenvalue weighted by Gasteiger charge is -2.17. The first-order chi connectivity index (χ1) is 10.8. The molecule has 0 unspecified atom stereocenters. The summed E-state index contributed by atoms with van der Waals surface area (Å²) in [5.41, 5.74) is 1.46. The van der Waals surface area contributed by atoms with Gasteiger partial charge in [0.15, 0.2) is 0 Å². The fourth-order valence-electron chi connectivity index (χ4n) is 1.92. The Morgan fingerprint density at radius 1 is 1.22 bits per heavy atom. The molecule has 5 heteroatoms. The van der Waals surface area contributed by atoms with E-state index >= 15 is 0 Å². The van der Waals surface area contributed by atoms with Gasteiger partial charge in [-0.05, 0) is 36.2 Å². The average molecular weight is 332 g/mol. The maximum Gasteiger partial charge on any atom is 0.229 e. The van der Waals surface area contributed by atoms with Crippen LogP contribution in [0.3, 0.4) is 0 Å². The molecule has 0 bridgehead atoms. The zero-order valence-electron chi connectivity index (χ0n) is 13.7. The van der Waals surface area contributed by atoms with Crippen molar-refractivity contribution < 1.29 is 4.79 Å². The summed E-state index contributed by atoms with van der Waals surface area (Å²) in [7, 11) is 0. The molecule has 0 aliphatic rings. The van der Waals surface area contributed by atoms with E-state index in [1.54, 1.807) is 6.20 Å². The van der Waals surface area contributed by atoms with Gasteiger partial charge in [0.2, 0.25) is 5.91 Å². The molecule has 1 aromatic heterocycles. The van der Waals surface area contributed by atoms with Crippen LogP contribution in [0.4, 0.5) is 11.5 Å². The Balaban J connectivity index is 1.84. The van der Waals surface area contributed by atoms with Crippen LogP contribution in [-0.4, -0.2) is 17.4 Å². The Hall–Kier alpha value is -2.07. The number of anilines is 2. The highest BCUT2D eigenvalue weighted by atomic mass is 35.5. The van der Waals surface area contributed by atoms with Crippen molar-refractivity contribution in [3.8, 4) is 0 Å². The van der Waals surface area contributed by atoms with E-state index in [0.717, 1.165) is 23.8 Å². The number of nitrogens with one attached hydrogen (secondary N) is 2. The van der Waals surface area contributed by atoms with E-state index in [9.17, 15) is 4.79 Å². The monoisotopic (exact) mass is 331 g/mol. The lowest BCUT2D eigenvalue weighted by Crippen LogP contribution is -2.27. The first kappa shape index (κ1) is 17.3. The first-order valence-electron chi connectivity index (χ1n) is 7.60. The molecule has 0 radical (unpaired) electrons. The molecule has 0 spiro atoms. The van der Waals surface area contributed by atoms with E-state index in [1.807, 2.05) is 57.2 Å². The largest absolute Gasteiger partial charge is 0.370 e. The summed E-state index contributed by atoms with van der Waals surface area (Å²) in [5.74, 6) is 0.752. The van der Waals surface area contributed by atoms with Crippen molar-refractivity contribution >= 4 is 29.0 Å². The minimum absolute atomic E-state index is 0.0269. The van der Waals surface area contributed by atoms with Crippen molar-refractivity contribution in [2.45, 2.75) is 27.2 Å². The van der Waals surface area contributed by atoms with E-state index < -0.39 is 5.41 Å². The number of carbonyl (C=O) groups is 1. The van der Waals surface area contributed by atoms with Crippen LogP contribution in [0.25, 0.3) is 0 Å². The zero-order chi connectivity index (χ0) is 16.9. The Morgan fingerprint density at radius 2 is 2.00 bits per heavy atom. The zero-order valence-corrected chi connectivity index (χ0v) is 14.4. The van der Waals surface area contributed by atoms with Gasteiger partial charge in [0, 0.05) is 17.0 Å². The van der Waals surface area contributed by atoms with Crippen LogP contribution in [0.5, 0.6) is 0 Å². The van der Waals surface area contributed by atoms with Crippen molar-refractivity contribution in [3.05, 3.63) is 53.2 Å². The first-order valence-corrected chi connectivity index (χ1v) is 7.98. The van der Waals surface area contributed by atoms with Crippen LogP contribution in [0, 0.1) is 5.41 Å². The fraction of sp³-hybridized carbons (Fsp3) is 0.333. The molecular weight excluding hydrogens is 310 g/mol. The van der Waals surface area contributed by atoms with Gasteiger partial charge in [-0.2, -0.15) is 0 Å². The van der Waals surface area contributed by atoms with E-state index in [0.29, 0.717) is 5.69 Å². The molecule has 0 saturated heterocycles. The summed E-state index contributed by atoms with van der Waals surface area (Å²) in [6.07, 6.45) is 2.52. The van der Waals surface area contributed by atoms with E-state index in [1.165, 1.54) is 5.56 Å². The summed E-state index contributed by atoms with van der Waals surface area (Å²) in [6, 6.07) is 11.5. The Kier molecular flexibility index (Phi) is 5.61. The molecule has 1 heterocycles. The molecule has 2 aromatic rings. The minimum Gasteiger partial charge on any atom is -0.370 e. The topological polar surface area (TPSA) is 54.0 Å². The summed E-state index contributed by atoms with van der Waals surface area (Å²) >= 11 is 5.96. The number of halogens is 1. The summed E-state index contributed by atoms with van der Waals surface area (Å²) in [4.78, 5) is 16.2. The minimum atomic E-state index is -0.423. The highest BCUT2D eigenvalue weighted by Crippen LogP contribution is 2.17. The standard InChI is InChI=1S/C18H22ClN3O/c1-18(2,3)17(23)22-15-7-8-16(21-12-15)20-10-9-13-5-4-6-14(19)11-13/h4-8,11-12H,9-10H2,1-3H3,(H,20,21)(H,22,23). The molecule has 0 aliphatic carbocycles. The number of amides is 1. The maximum atomic E-state index is 11.9. The fourth-order valence-corrected chi connectivity index (χ4v) is 2.13. The lowest BCUT2D eigenvalue weighted by atomic mass is 9.96. The van der Waals surface area contributed by atoms with Gasteiger partial charge in [-0.3, -0.25) is 4.79 Å². The molecule has 1 aromatic carbocycles. The second kappa shape index (κ2) is 7.47. The predicted molar refractivity (Wildman–Crippen MR) is 96.0 cm³/mol. The van der Waals surface area contributed by atoms with Crippen molar-refractivity contribution in [1.29, 1.82) is 0 Å². The number of rotatable bonds is 5. The molecule has 122 valence electrons. The van der Waals surface area contributed by atoms with Crippen molar-refractivity contribution in [2.24, 2.45) is 5.41 Å². The van der Waals surface area contributed by atoms with Gasteiger partial charge in [-0.25, -0.2) is 4.98 Å². The summed E-state index contributed by atoms with van der Waals surface area (Å²) in [5, 5.41) is 6.86. The number of nitrogens with zero attached hydrogens (tertiary/aromatic N) is 1. The van der Waals surface area contributed by atoms with Gasteiger partial charge in [0.1, 0.15) is 5.82 Å². The van der Waals surface area contributed by atoms with Gasteiger partial charge in [-0.15, -0.1) is 0 Å². The molecule has 0 fully saturated rings.